The van der Waals surface area contributed by atoms with Crippen molar-refractivity contribution in [1.82, 2.24) is 15.5 Å². The second kappa shape index (κ2) is 7.30. The highest BCUT2D eigenvalue weighted by Gasteiger charge is 2.01. The van der Waals surface area contributed by atoms with Crippen LogP contribution in [0.5, 0.6) is 0 Å². The largest absolute Gasteiger partial charge is 0.317 e. The number of piperazine rings is 1. The van der Waals surface area contributed by atoms with Gasteiger partial charge in [-0.2, -0.15) is 0 Å². The maximum Gasteiger partial charge on any atom is 0.0104 e. The van der Waals surface area contributed by atoms with Gasteiger partial charge in [-0.05, 0) is 33.0 Å². The molecular weight excluding hydrogens is 162 g/mol. The van der Waals surface area contributed by atoms with E-state index < -0.39 is 0 Å². The molecule has 0 spiro atoms. The third-order valence-electron chi connectivity index (χ3n) is 2.55. The quantitative estimate of drug-likeness (QED) is 0.568. The van der Waals surface area contributed by atoms with E-state index in [4.69, 9.17) is 0 Å². The summed E-state index contributed by atoms with van der Waals surface area (Å²) < 4.78 is 0. The zero-order chi connectivity index (χ0) is 9.36. The van der Waals surface area contributed by atoms with Gasteiger partial charge in [0.1, 0.15) is 0 Å². The van der Waals surface area contributed by atoms with Crippen molar-refractivity contribution in [3.8, 4) is 0 Å². The smallest absolute Gasteiger partial charge is 0.0104 e. The lowest BCUT2D eigenvalue weighted by Gasteiger charge is -2.21. The average Bonchev–Trinajstić information content (AvgIpc) is 2.22. The molecule has 2 heterocycles. The highest BCUT2D eigenvalue weighted by atomic mass is 15.2. The molecule has 2 aliphatic heterocycles. The number of likely N-dealkylation sites (N-methyl/N-ethyl adjacent to an activating group) is 1. The molecule has 0 aliphatic carbocycles. The number of hydrogen-bond donors (Lipinski definition) is 2. The molecule has 2 fully saturated rings. The molecule has 0 unspecified atom stereocenters. The number of rotatable bonds is 0. The second-order valence-corrected chi connectivity index (χ2v) is 3.86. The molecule has 2 N–H and O–H groups in total. The van der Waals surface area contributed by atoms with Crippen LogP contribution in [-0.2, 0) is 0 Å². The van der Waals surface area contributed by atoms with Crippen molar-refractivity contribution < 1.29 is 0 Å². The fourth-order valence-electron chi connectivity index (χ4n) is 1.58. The summed E-state index contributed by atoms with van der Waals surface area (Å²) >= 11 is 0. The maximum absolute atomic E-state index is 3.28. The molecule has 2 saturated heterocycles. The Bertz CT molecular complexity index is 95.2. The van der Waals surface area contributed by atoms with Crippen LogP contribution in [0.15, 0.2) is 0 Å². The topological polar surface area (TPSA) is 27.3 Å². The minimum absolute atomic E-state index is 1.16. The van der Waals surface area contributed by atoms with Gasteiger partial charge in [0.25, 0.3) is 0 Å². The summed E-state index contributed by atoms with van der Waals surface area (Å²) in [5, 5.41) is 6.56. The first-order chi connectivity index (χ1) is 6.39. The monoisotopic (exact) mass is 185 g/mol. The summed E-state index contributed by atoms with van der Waals surface area (Å²) in [6.45, 7) is 7.24. The van der Waals surface area contributed by atoms with Gasteiger partial charge < -0.3 is 15.5 Å². The average molecular weight is 185 g/mol. The zero-order valence-electron chi connectivity index (χ0n) is 8.81. The summed E-state index contributed by atoms with van der Waals surface area (Å²) in [6.07, 6.45) is 4.22. The van der Waals surface area contributed by atoms with E-state index >= 15 is 0 Å². The summed E-state index contributed by atoms with van der Waals surface area (Å²) in [7, 11) is 2.15. The number of nitrogens with one attached hydrogen (secondary N) is 2. The Morgan fingerprint density at radius 3 is 1.54 bits per heavy atom. The fraction of sp³-hybridized carbons (Fsp3) is 1.00. The van der Waals surface area contributed by atoms with Crippen LogP contribution in [0.1, 0.15) is 19.3 Å². The molecule has 13 heavy (non-hydrogen) atoms. The molecule has 3 heteroatoms. The van der Waals surface area contributed by atoms with Gasteiger partial charge in [-0.15, -0.1) is 0 Å². The standard InChI is InChI=1S/C5H12N2.C5H11N/c1-7-4-2-6-3-5-7;1-2-4-6-5-3-1/h6H,2-5H2,1H3;6H,1-5H2. The number of hydrogen-bond acceptors (Lipinski definition) is 3. The number of nitrogens with zero attached hydrogens (tertiary/aromatic N) is 1. The lowest BCUT2D eigenvalue weighted by atomic mass is 10.2. The van der Waals surface area contributed by atoms with Crippen LogP contribution in [-0.4, -0.2) is 51.2 Å². The Labute approximate surface area is 81.9 Å². The fourth-order valence-corrected chi connectivity index (χ4v) is 1.58. The van der Waals surface area contributed by atoms with Crippen molar-refractivity contribution in [2.75, 3.05) is 46.3 Å². The van der Waals surface area contributed by atoms with E-state index in [1.54, 1.807) is 0 Å². The lowest BCUT2D eigenvalue weighted by Crippen LogP contribution is -2.40. The van der Waals surface area contributed by atoms with Crippen molar-refractivity contribution in [3.63, 3.8) is 0 Å². The van der Waals surface area contributed by atoms with Gasteiger partial charge in [-0.3, -0.25) is 0 Å². The van der Waals surface area contributed by atoms with E-state index in [2.05, 4.69) is 22.6 Å². The molecule has 2 aliphatic rings. The number of piperidine rings is 1. The normalized spacial score (nSPS) is 24.7. The van der Waals surface area contributed by atoms with Crippen LogP contribution in [0.25, 0.3) is 0 Å². The Morgan fingerprint density at radius 1 is 0.769 bits per heavy atom. The van der Waals surface area contributed by atoms with Crippen LogP contribution >= 0.6 is 0 Å². The summed E-state index contributed by atoms with van der Waals surface area (Å²) in [5.41, 5.74) is 0. The molecule has 0 bridgehead atoms. The van der Waals surface area contributed by atoms with Crippen LogP contribution < -0.4 is 10.6 Å². The molecule has 0 aromatic rings. The van der Waals surface area contributed by atoms with Crippen molar-refractivity contribution in [3.05, 3.63) is 0 Å². The lowest BCUT2D eigenvalue weighted by molar-refractivity contribution is 0.291. The summed E-state index contributed by atoms with van der Waals surface area (Å²) in [6, 6.07) is 0. The maximum atomic E-state index is 3.28. The first-order valence-electron chi connectivity index (χ1n) is 5.49. The molecule has 0 aromatic carbocycles. The first kappa shape index (κ1) is 11.0. The Morgan fingerprint density at radius 2 is 1.31 bits per heavy atom. The van der Waals surface area contributed by atoms with E-state index in [9.17, 15) is 0 Å². The van der Waals surface area contributed by atoms with Gasteiger partial charge in [0.05, 0.1) is 0 Å². The molecular formula is C10H23N3. The molecule has 2 rings (SSSR count). The van der Waals surface area contributed by atoms with E-state index in [0.717, 1.165) is 13.1 Å². The van der Waals surface area contributed by atoms with E-state index in [1.807, 2.05) is 0 Å². The van der Waals surface area contributed by atoms with Crippen LogP contribution in [0.3, 0.4) is 0 Å². The molecule has 0 atom stereocenters. The third kappa shape index (κ3) is 6.02. The minimum Gasteiger partial charge on any atom is -0.317 e. The van der Waals surface area contributed by atoms with Crippen molar-refractivity contribution in [2.45, 2.75) is 19.3 Å². The van der Waals surface area contributed by atoms with Gasteiger partial charge in [0, 0.05) is 26.2 Å². The Hall–Kier alpha value is -0.120. The zero-order valence-corrected chi connectivity index (χ0v) is 8.81. The Kier molecular flexibility index (Phi) is 6.15. The molecule has 0 radical (unpaired) electrons. The highest BCUT2D eigenvalue weighted by Crippen LogP contribution is 1.96. The van der Waals surface area contributed by atoms with Gasteiger partial charge >= 0.3 is 0 Å². The summed E-state index contributed by atoms with van der Waals surface area (Å²) in [4.78, 5) is 2.33. The van der Waals surface area contributed by atoms with Crippen LogP contribution in [0, 0.1) is 0 Å². The van der Waals surface area contributed by atoms with Crippen molar-refractivity contribution >= 4 is 0 Å². The molecule has 0 saturated carbocycles. The van der Waals surface area contributed by atoms with Gasteiger partial charge in [-0.1, -0.05) is 6.42 Å². The first-order valence-corrected chi connectivity index (χ1v) is 5.49. The minimum atomic E-state index is 1.16. The molecule has 78 valence electrons. The second-order valence-electron chi connectivity index (χ2n) is 3.86. The van der Waals surface area contributed by atoms with E-state index in [1.165, 1.54) is 45.4 Å². The highest BCUT2D eigenvalue weighted by molar-refractivity contribution is 4.62. The van der Waals surface area contributed by atoms with Crippen LogP contribution in [0.2, 0.25) is 0 Å². The van der Waals surface area contributed by atoms with Crippen molar-refractivity contribution in [2.24, 2.45) is 0 Å². The van der Waals surface area contributed by atoms with Gasteiger partial charge in [0.15, 0.2) is 0 Å². The van der Waals surface area contributed by atoms with E-state index in [-0.39, 0.29) is 0 Å². The van der Waals surface area contributed by atoms with E-state index in [0.29, 0.717) is 0 Å². The summed E-state index contributed by atoms with van der Waals surface area (Å²) in [5.74, 6) is 0. The van der Waals surface area contributed by atoms with Gasteiger partial charge in [-0.25, -0.2) is 0 Å². The Balaban J connectivity index is 0.000000132. The van der Waals surface area contributed by atoms with Crippen molar-refractivity contribution in [1.29, 1.82) is 0 Å². The predicted octanol–water partition coefficient (Wildman–Crippen LogP) is 0.281. The molecule has 0 amide bonds. The molecule has 0 aromatic heterocycles. The third-order valence-corrected chi connectivity index (χ3v) is 2.55. The molecule has 3 nitrogen and oxygen atoms in total. The van der Waals surface area contributed by atoms with Gasteiger partial charge in [0.2, 0.25) is 0 Å². The predicted molar refractivity (Wildman–Crippen MR) is 57.1 cm³/mol. The SMILES string of the molecule is C1CCNCC1.CN1CCNCC1. The van der Waals surface area contributed by atoms with Crippen LogP contribution in [0.4, 0.5) is 0 Å².